The molecule has 106 valence electrons. The lowest BCUT2D eigenvalue weighted by Gasteiger charge is -2.29. The lowest BCUT2D eigenvalue weighted by Crippen LogP contribution is -2.54. The zero-order valence-corrected chi connectivity index (χ0v) is 12.0. The number of carbonyl (C=O) groups excluding carboxylic acids is 2. The number of hydrogen-bond acceptors (Lipinski definition) is 4. The fourth-order valence-electron chi connectivity index (χ4n) is 1.71. The number of hydrogen-bond donors (Lipinski definition) is 2. The van der Waals surface area contributed by atoms with Gasteiger partial charge in [0, 0.05) is 33.2 Å². The highest BCUT2D eigenvalue weighted by molar-refractivity contribution is 5.88. The first-order chi connectivity index (χ1) is 8.00. The highest BCUT2D eigenvalue weighted by atomic mass is 35.5. The van der Waals surface area contributed by atoms with Crippen LogP contribution >= 0.6 is 12.4 Å². The highest BCUT2D eigenvalue weighted by Crippen LogP contribution is 2.02. The maximum atomic E-state index is 11.7. The molecule has 0 aromatic carbocycles. The van der Waals surface area contributed by atoms with Crippen LogP contribution in [0.5, 0.6) is 0 Å². The molecule has 2 N–H and O–H groups in total. The molecule has 1 aliphatic rings. The normalized spacial score (nSPS) is 19.7. The summed E-state index contributed by atoms with van der Waals surface area (Å²) in [6.45, 7) is 2.87. The van der Waals surface area contributed by atoms with Crippen molar-refractivity contribution in [2.75, 3.05) is 47.3 Å². The Morgan fingerprint density at radius 3 is 2.83 bits per heavy atom. The van der Waals surface area contributed by atoms with E-state index in [1.54, 1.807) is 11.9 Å². The number of piperazine rings is 1. The maximum Gasteiger partial charge on any atom is 0.240 e. The Bertz CT molecular complexity index is 286. The van der Waals surface area contributed by atoms with Crippen LogP contribution in [0.1, 0.15) is 6.42 Å². The number of halogens is 1. The molecule has 0 radical (unpaired) electrons. The topological polar surface area (TPSA) is 64.7 Å². The minimum atomic E-state index is -0.367. The second-order valence-electron chi connectivity index (χ2n) is 4.62. The predicted molar refractivity (Wildman–Crippen MR) is 72.9 cm³/mol. The van der Waals surface area contributed by atoms with E-state index in [1.165, 1.54) is 0 Å². The zero-order chi connectivity index (χ0) is 12.8. The molecule has 1 heterocycles. The van der Waals surface area contributed by atoms with Crippen LogP contribution in [0, 0.1) is 0 Å². The van der Waals surface area contributed by atoms with Crippen molar-refractivity contribution in [3.63, 3.8) is 0 Å². The largest absolute Gasteiger partial charge is 0.355 e. The van der Waals surface area contributed by atoms with Gasteiger partial charge in [-0.1, -0.05) is 0 Å². The van der Waals surface area contributed by atoms with Crippen LogP contribution in [0.4, 0.5) is 0 Å². The third-order valence-corrected chi connectivity index (χ3v) is 2.78. The Balaban J connectivity index is 0.00000289. The van der Waals surface area contributed by atoms with Crippen LogP contribution in [-0.4, -0.2) is 75.0 Å². The molecule has 0 aromatic heterocycles. The lowest BCUT2D eigenvalue weighted by molar-refractivity contribution is -0.136. The second-order valence-corrected chi connectivity index (χ2v) is 4.62. The van der Waals surface area contributed by atoms with Crippen molar-refractivity contribution in [3.8, 4) is 0 Å². The summed E-state index contributed by atoms with van der Waals surface area (Å²) < 4.78 is 0. The SMILES string of the molecule is CN(C)CCNC(=O)CC1NCCN(C)C1=O.Cl. The molecular formula is C11H23ClN4O2. The van der Waals surface area contributed by atoms with Gasteiger partial charge in [0.2, 0.25) is 11.8 Å². The summed E-state index contributed by atoms with van der Waals surface area (Å²) in [5, 5.41) is 5.87. The van der Waals surface area contributed by atoms with Gasteiger partial charge in [0.15, 0.2) is 0 Å². The Morgan fingerprint density at radius 2 is 2.22 bits per heavy atom. The molecule has 6 nitrogen and oxygen atoms in total. The molecule has 1 saturated heterocycles. The second kappa shape index (κ2) is 8.29. The summed E-state index contributed by atoms with van der Waals surface area (Å²) in [4.78, 5) is 27.0. The van der Waals surface area contributed by atoms with E-state index in [9.17, 15) is 9.59 Å². The first-order valence-corrected chi connectivity index (χ1v) is 5.90. The molecule has 0 aliphatic carbocycles. The summed E-state index contributed by atoms with van der Waals surface area (Å²) in [7, 11) is 5.67. The Hall–Kier alpha value is -0.850. The van der Waals surface area contributed by atoms with Gasteiger partial charge in [-0.3, -0.25) is 9.59 Å². The highest BCUT2D eigenvalue weighted by Gasteiger charge is 2.27. The van der Waals surface area contributed by atoms with E-state index >= 15 is 0 Å². The van der Waals surface area contributed by atoms with Crippen LogP contribution in [-0.2, 0) is 9.59 Å². The molecule has 1 unspecified atom stereocenters. The number of nitrogens with zero attached hydrogens (tertiary/aromatic N) is 2. The van der Waals surface area contributed by atoms with E-state index < -0.39 is 0 Å². The van der Waals surface area contributed by atoms with E-state index in [0.29, 0.717) is 13.1 Å². The summed E-state index contributed by atoms with van der Waals surface area (Å²) in [6, 6.07) is -0.367. The predicted octanol–water partition coefficient (Wildman–Crippen LogP) is -1.09. The van der Waals surface area contributed by atoms with Gasteiger partial charge in [0.1, 0.15) is 0 Å². The van der Waals surface area contributed by atoms with E-state index in [1.807, 2.05) is 19.0 Å². The Kier molecular flexibility index (Phi) is 7.90. The number of nitrogens with one attached hydrogen (secondary N) is 2. The molecular weight excluding hydrogens is 256 g/mol. The maximum absolute atomic E-state index is 11.7. The molecule has 2 amide bonds. The minimum Gasteiger partial charge on any atom is -0.355 e. The molecule has 7 heteroatoms. The van der Waals surface area contributed by atoms with E-state index in [0.717, 1.165) is 13.1 Å². The van der Waals surface area contributed by atoms with E-state index in [-0.39, 0.29) is 36.7 Å². The number of likely N-dealkylation sites (N-methyl/N-ethyl adjacent to an activating group) is 2. The average molecular weight is 279 g/mol. The molecule has 0 aromatic rings. The van der Waals surface area contributed by atoms with Gasteiger partial charge < -0.3 is 20.4 Å². The van der Waals surface area contributed by atoms with Gasteiger partial charge in [0.25, 0.3) is 0 Å². The van der Waals surface area contributed by atoms with Crippen molar-refractivity contribution < 1.29 is 9.59 Å². The summed E-state index contributed by atoms with van der Waals surface area (Å²) in [5.41, 5.74) is 0. The molecule has 1 fully saturated rings. The standard InChI is InChI=1S/C11H22N4O2.ClH/c1-14(2)6-4-13-10(16)8-9-11(17)15(3)7-5-12-9;/h9,12H,4-8H2,1-3H3,(H,13,16);1H. The van der Waals surface area contributed by atoms with Crippen molar-refractivity contribution >= 4 is 24.2 Å². The molecule has 0 saturated carbocycles. The van der Waals surface area contributed by atoms with Crippen LogP contribution in [0.15, 0.2) is 0 Å². The number of rotatable bonds is 5. The third-order valence-electron chi connectivity index (χ3n) is 2.78. The molecule has 1 rings (SSSR count). The van der Waals surface area contributed by atoms with E-state index in [4.69, 9.17) is 0 Å². The molecule has 18 heavy (non-hydrogen) atoms. The lowest BCUT2D eigenvalue weighted by atomic mass is 10.1. The summed E-state index contributed by atoms with van der Waals surface area (Å²) in [5.74, 6) is -0.0768. The van der Waals surface area contributed by atoms with Crippen LogP contribution in [0.3, 0.4) is 0 Å². The van der Waals surface area contributed by atoms with Gasteiger partial charge in [-0.25, -0.2) is 0 Å². The van der Waals surface area contributed by atoms with Gasteiger partial charge in [-0.15, -0.1) is 12.4 Å². The fraction of sp³-hybridized carbons (Fsp3) is 0.818. The Morgan fingerprint density at radius 1 is 1.56 bits per heavy atom. The van der Waals surface area contributed by atoms with Crippen LogP contribution in [0.2, 0.25) is 0 Å². The molecule has 0 spiro atoms. The van der Waals surface area contributed by atoms with Crippen LogP contribution < -0.4 is 10.6 Å². The van der Waals surface area contributed by atoms with E-state index in [2.05, 4.69) is 10.6 Å². The molecule has 1 atom stereocenters. The number of amides is 2. The summed E-state index contributed by atoms with van der Waals surface area (Å²) >= 11 is 0. The smallest absolute Gasteiger partial charge is 0.240 e. The van der Waals surface area contributed by atoms with Gasteiger partial charge >= 0.3 is 0 Å². The van der Waals surface area contributed by atoms with Gasteiger partial charge in [-0.05, 0) is 14.1 Å². The zero-order valence-electron chi connectivity index (χ0n) is 11.2. The van der Waals surface area contributed by atoms with Crippen molar-refractivity contribution in [3.05, 3.63) is 0 Å². The summed E-state index contributed by atoms with van der Waals surface area (Å²) in [6.07, 6.45) is 0.219. The Labute approximate surface area is 114 Å². The quantitative estimate of drug-likeness (QED) is 0.671. The number of carbonyl (C=O) groups is 2. The first-order valence-electron chi connectivity index (χ1n) is 5.90. The molecule has 1 aliphatic heterocycles. The van der Waals surface area contributed by atoms with Crippen molar-refractivity contribution in [1.29, 1.82) is 0 Å². The van der Waals surface area contributed by atoms with Gasteiger partial charge in [0.05, 0.1) is 12.5 Å². The van der Waals surface area contributed by atoms with Crippen molar-refractivity contribution in [1.82, 2.24) is 20.4 Å². The van der Waals surface area contributed by atoms with Crippen molar-refractivity contribution in [2.45, 2.75) is 12.5 Å². The van der Waals surface area contributed by atoms with Gasteiger partial charge in [-0.2, -0.15) is 0 Å². The molecule has 0 bridgehead atoms. The minimum absolute atomic E-state index is 0. The third kappa shape index (κ3) is 5.66. The monoisotopic (exact) mass is 278 g/mol. The average Bonchev–Trinajstić information content (AvgIpc) is 2.24. The fourth-order valence-corrected chi connectivity index (χ4v) is 1.71. The van der Waals surface area contributed by atoms with Crippen LogP contribution in [0.25, 0.3) is 0 Å². The first kappa shape index (κ1) is 17.2. The van der Waals surface area contributed by atoms with Crippen molar-refractivity contribution in [2.24, 2.45) is 0 Å².